The highest BCUT2D eigenvalue weighted by Gasteiger charge is 2.23. The molecule has 0 atom stereocenters. The Hall–Kier alpha value is -2.41. The van der Waals surface area contributed by atoms with Gasteiger partial charge in [0.05, 0.1) is 13.0 Å². The van der Waals surface area contributed by atoms with Gasteiger partial charge in [-0.3, -0.25) is 19.3 Å². The van der Waals surface area contributed by atoms with E-state index in [2.05, 4.69) is 5.32 Å². The zero-order chi connectivity index (χ0) is 18.5. The molecule has 1 aromatic carbocycles. The molecule has 2 fully saturated rings. The van der Waals surface area contributed by atoms with Crippen LogP contribution < -0.4 is 16.0 Å². The Morgan fingerprint density at radius 3 is 2.38 bits per heavy atom. The standard InChI is InChI=1S/C19H26N4O3/c20-17(24)13-22-10-7-15(8-11-22)21-18(25)12-14-3-5-16(6-4-14)23-9-1-2-19(23)26/h3-6,15H,1-2,7-13H2,(H2,20,24)(H,21,25). The summed E-state index contributed by atoms with van der Waals surface area (Å²) in [6.07, 6.45) is 3.50. The van der Waals surface area contributed by atoms with Gasteiger partial charge in [-0.05, 0) is 37.0 Å². The number of rotatable bonds is 6. The lowest BCUT2D eigenvalue weighted by Gasteiger charge is -2.31. The summed E-state index contributed by atoms with van der Waals surface area (Å²) >= 11 is 0. The zero-order valence-electron chi connectivity index (χ0n) is 14.9. The number of carbonyl (C=O) groups is 3. The van der Waals surface area contributed by atoms with Crippen LogP contribution in [0.15, 0.2) is 24.3 Å². The molecule has 140 valence electrons. The second-order valence-electron chi connectivity index (χ2n) is 7.08. The van der Waals surface area contributed by atoms with Gasteiger partial charge in [0.1, 0.15) is 0 Å². The lowest BCUT2D eigenvalue weighted by molar-refractivity contribution is -0.122. The Labute approximate surface area is 153 Å². The van der Waals surface area contributed by atoms with Crippen LogP contribution in [-0.4, -0.2) is 54.8 Å². The SMILES string of the molecule is NC(=O)CN1CCC(NC(=O)Cc2ccc(N3CCCC3=O)cc2)CC1. The summed E-state index contributed by atoms with van der Waals surface area (Å²) in [6, 6.07) is 7.79. The van der Waals surface area contributed by atoms with Crippen LogP contribution in [0.3, 0.4) is 0 Å². The summed E-state index contributed by atoms with van der Waals surface area (Å²) < 4.78 is 0. The Morgan fingerprint density at radius 2 is 1.81 bits per heavy atom. The van der Waals surface area contributed by atoms with E-state index in [1.165, 1.54) is 0 Å². The molecule has 26 heavy (non-hydrogen) atoms. The molecule has 7 heteroatoms. The molecule has 3 N–H and O–H groups in total. The van der Waals surface area contributed by atoms with Crippen LogP contribution in [0.5, 0.6) is 0 Å². The summed E-state index contributed by atoms with van der Waals surface area (Å²) in [5.41, 5.74) is 7.05. The number of nitrogens with zero attached hydrogens (tertiary/aromatic N) is 2. The van der Waals surface area contributed by atoms with Gasteiger partial charge in [0, 0.05) is 37.8 Å². The minimum Gasteiger partial charge on any atom is -0.369 e. The Kier molecular flexibility index (Phi) is 5.88. The second-order valence-corrected chi connectivity index (χ2v) is 7.08. The molecule has 0 saturated carbocycles. The monoisotopic (exact) mass is 358 g/mol. The van der Waals surface area contributed by atoms with Crippen molar-refractivity contribution in [3.8, 4) is 0 Å². The van der Waals surface area contributed by atoms with E-state index < -0.39 is 0 Å². The molecule has 0 spiro atoms. The maximum atomic E-state index is 12.3. The largest absolute Gasteiger partial charge is 0.369 e. The van der Waals surface area contributed by atoms with Crippen molar-refractivity contribution >= 4 is 23.4 Å². The van der Waals surface area contributed by atoms with Gasteiger partial charge in [-0.25, -0.2) is 0 Å². The third-order valence-electron chi connectivity index (χ3n) is 5.02. The molecule has 0 aliphatic carbocycles. The van der Waals surface area contributed by atoms with Crippen LogP contribution in [-0.2, 0) is 20.8 Å². The fourth-order valence-electron chi connectivity index (χ4n) is 3.63. The van der Waals surface area contributed by atoms with Crippen LogP contribution >= 0.6 is 0 Å². The highest BCUT2D eigenvalue weighted by molar-refractivity contribution is 5.95. The summed E-state index contributed by atoms with van der Waals surface area (Å²) in [5.74, 6) is -0.145. The molecule has 0 bridgehead atoms. The number of carbonyl (C=O) groups excluding carboxylic acids is 3. The number of likely N-dealkylation sites (tertiary alicyclic amines) is 1. The average Bonchev–Trinajstić information content (AvgIpc) is 3.03. The molecule has 3 rings (SSSR count). The average molecular weight is 358 g/mol. The minimum atomic E-state index is -0.313. The molecule has 0 unspecified atom stereocenters. The molecule has 2 heterocycles. The minimum absolute atomic E-state index is 0.00310. The summed E-state index contributed by atoms with van der Waals surface area (Å²) in [5, 5.41) is 3.07. The van der Waals surface area contributed by atoms with E-state index in [9.17, 15) is 14.4 Å². The number of nitrogens with one attached hydrogen (secondary N) is 1. The van der Waals surface area contributed by atoms with Crippen molar-refractivity contribution < 1.29 is 14.4 Å². The highest BCUT2D eigenvalue weighted by atomic mass is 16.2. The van der Waals surface area contributed by atoms with Crippen molar-refractivity contribution in [1.82, 2.24) is 10.2 Å². The van der Waals surface area contributed by atoms with Gasteiger partial charge in [0.2, 0.25) is 17.7 Å². The van der Waals surface area contributed by atoms with Gasteiger partial charge in [-0.15, -0.1) is 0 Å². The molecule has 3 amide bonds. The Bertz CT molecular complexity index is 666. The molecule has 2 saturated heterocycles. The summed E-state index contributed by atoms with van der Waals surface area (Å²) in [7, 11) is 0. The maximum Gasteiger partial charge on any atom is 0.231 e. The Balaban J connectivity index is 1.45. The first-order valence-corrected chi connectivity index (χ1v) is 9.20. The van der Waals surface area contributed by atoms with Gasteiger partial charge < -0.3 is 16.0 Å². The summed E-state index contributed by atoms with van der Waals surface area (Å²) in [6.45, 7) is 2.60. The van der Waals surface area contributed by atoms with Gasteiger partial charge in [-0.1, -0.05) is 12.1 Å². The van der Waals surface area contributed by atoms with Crippen LogP contribution in [0.1, 0.15) is 31.2 Å². The first-order valence-electron chi connectivity index (χ1n) is 9.20. The number of hydrogen-bond acceptors (Lipinski definition) is 4. The topological polar surface area (TPSA) is 95.7 Å². The van der Waals surface area contributed by atoms with Gasteiger partial charge in [0.15, 0.2) is 0 Å². The van der Waals surface area contributed by atoms with Crippen LogP contribution in [0.25, 0.3) is 0 Å². The van der Waals surface area contributed by atoms with Crippen molar-refractivity contribution in [2.75, 3.05) is 31.1 Å². The lowest BCUT2D eigenvalue weighted by Crippen LogP contribution is -2.47. The molecule has 0 aromatic heterocycles. The third-order valence-corrected chi connectivity index (χ3v) is 5.02. The number of benzene rings is 1. The predicted molar refractivity (Wildman–Crippen MR) is 98.5 cm³/mol. The Morgan fingerprint density at radius 1 is 1.12 bits per heavy atom. The third kappa shape index (κ3) is 4.82. The van der Waals surface area contributed by atoms with E-state index in [-0.39, 0.29) is 30.3 Å². The number of amides is 3. The van der Waals surface area contributed by atoms with Crippen molar-refractivity contribution in [1.29, 1.82) is 0 Å². The van der Waals surface area contributed by atoms with Gasteiger partial charge >= 0.3 is 0 Å². The highest BCUT2D eigenvalue weighted by Crippen LogP contribution is 2.21. The first-order chi connectivity index (χ1) is 12.5. The fraction of sp³-hybridized carbons (Fsp3) is 0.526. The number of anilines is 1. The van der Waals surface area contributed by atoms with Crippen molar-refractivity contribution in [3.63, 3.8) is 0 Å². The molecular formula is C19H26N4O3. The predicted octanol–water partition coefficient (Wildman–Crippen LogP) is 0.422. The molecule has 7 nitrogen and oxygen atoms in total. The molecular weight excluding hydrogens is 332 g/mol. The number of piperidine rings is 1. The van der Waals surface area contributed by atoms with E-state index >= 15 is 0 Å². The van der Waals surface area contributed by atoms with E-state index in [1.807, 2.05) is 29.2 Å². The van der Waals surface area contributed by atoms with Crippen LogP contribution in [0.4, 0.5) is 5.69 Å². The smallest absolute Gasteiger partial charge is 0.231 e. The second kappa shape index (κ2) is 8.31. The van der Waals surface area contributed by atoms with Crippen molar-refractivity contribution in [2.24, 2.45) is 5.73 Å². The van der Waals surface area contributed by atoms with E-state index in [1.54, 1.807) is 4.90 Å². The number of primary amides is 1. The first kappa shape index (κ1) is 18.4. The van der Waals surface area contributed by atoms with Crippen LogP contribution in [0.2, 0.25) is 0 Å². The quantitative estimate of drug-likeness (QED) is 0.770. The van der Waals surface area contributed by atoms with E-state index in [0.717, 1.165) is 50.1 Å². The molecule has 1 aromatic rings. The number of nitrogens with two attached hydrogens (primary N) is 1. The molecule has 2 aliphatic rings. The molecule has 2 aliphatic heterocycles. The fourth-order valence-corrected chi connectivity index (χ4v) is 3.63. The van der Waals surface area contributed by atoms with E-state index in [4.69, 9.17) is 5.73 Å². The number of hydrogen-bond donors (Lipinski definition) is 2. The normalized spacial score (nSPS) is 18.9. The van der Waals surface area contributed by atoms with Crippen LogP contribution in [0, 0.1) is 0 Å². The van der Waals surface area contributed by atoms with Gasteiger partial charge in [-0.2, -0.15) is 0 Å². The summed E-state index contributed by atoms with van der Waals surface area (Å²) in [4.78, 5) is 38.8. The van der Waals surface area contributed by atoms with Gasteiger partial charge in [0.25, 0.3) is 0 Å². The van der Waals surface area contributed by atoms with E-state index in [0.29, 0.717) is 12.8 Å². The molecule has 0 radical (unpaired) electrons. The van der Waals surface area contributed by atoms with Crippen molar-refractivity contribution in [3.05, 3.63) is 29.8 Å². The maximum absolute atomic E-state index is 12.3. The zero-order valence-corrected chi connectivity index (χ0v) is 14.9. The lowest BCUT2D eigenvalue weighted by atomic mass is 10.0. The van der Waals surface area contributed by atoms with Crippen molar-refractivity contribution in [2.45, 2.75) is 38.1 Å².